The molecule has 0 aliphatic rings. The molecule has 0 rings (SSSR count). The lowest BCUT2D eigenvalue weighted by Crippen LogP contribution is -2.48. The zero-order valence-corrected chi connectivity index (χ0v) is 7.39. The largest absolute Gasteiger partial charge is 0.330 e. The lowest BCUT2D eigenvalue weighted by Gasteiger charge is -2.25. The van der Waals surface area contributed by atoms with Gasteiger partial charge < -0.3 is 11.5 Å². The molecule has 3 heteroatoms. The van der Waals surface area contributed by atoms with E-state index in [-0.39, 0.29) is 5.78 Å². The first-order chi connectivity index (χ1) is 5.06. The van der Waals surface area contributed by atoms with Crippen molar-refractivity contribution >= 4 is 5.78 Å². The van der Waals surface area contributed by atoms with E-state index in [2.05, 4.69) is 0 Å². The van der Waals surface area contributed by atoms with E-state index in [0.29, 0.717) is 13.0 Å². The van der Waals surface area contributed by atoms with Crippen molar-refractivity contribution < 1.29 is 4.79 Å². The van der Waals surface area contributed by atoms with Crippen molar-refractivity contribution in [3.63, 3.8) is 0 Å². The quantitative estimate of drug-likeness (QED) is 0.609. The van der Waals surface area contributed by atoms with Gasteiger partial charge in [-0.15, -0.1) is 0 Å². The molecule has 66 valence electrons. The van der Waals surface area contributed by atoms with E-state index < -0.39 is 5.54 Å². The third kappa shape index (κ3) is 2.99. The summed E-state index contributed by atoms with van der Waals surface area (Å²) >= 11 is 0. The summed E-state index contributed by atoms with van der Waals surface area (Å²) in [4.78, 5) is 11.1. The van der Waals surface area contributed by atoms with Crippen LogP contribution < -0.4 is 11.5 Å². The van der Waals surface area contributed by atoms with Crippen molar-refractivity contribution in [2.45, 2.75) is 38.6 Å². The predicted molar refractivity (Wildman–Crippen MR) is 46.2 cm³/mol. The second-order valence-corrected chi connectivity index (χ2v) is 3.00. The molecular formula is C8H18N2O. The summed E-state index contributed by atoms with van der Waals surface area (Å²) in [6, 6.07) is 0. The summed E-state index contributed by atoms with van der Waals surface area (Å²) in [6.07, 6.45) is 2.26. The third-order valence-corrected chi connectivity index (χ3v) is 1.99. The van der Waals surface area contributed by atoms with Crippen LogP contribution >= 0.6 is 0 Å². The van der Waals surface area contributed by atoms with Gasteiger partial charge in [0.05, 0.1) is 5.54 Å². The smallest absolute Gasteiger partial charge is 0.149 e. The second-order valence-electron chi connectivity index (χ2n) is 3.00. The summed E-state index contributed by atoms with van der Waals surface area (Å²) in [6.45, 7) is 4.03. The van der Waals surface area contributed by atoms with Gasteiger partial charge in [-0.2, -0.15) is 0 Å². The lowest BCUT2D eigenvalue weighted by molar-refractivity contribution is -0.122. The molecule has 11 heavy (non-hydrogen) atoms. The van der Waals surface area contributed by atoms with Crippen LogP contribution in [-0.2, 0) is 4.79 Å². The topological polar surface area (TPSA) is 69.1 Å². The molecule has 0 saturated carbocycles. The zero-order valence-electron chi connectivity index (χ0n) is 7.39. The number of carbonyl (C=O) groups excluding carboxylic acids is 1. The average molecular weight is 158 g/mol. The number of nitrogens with two attached hydrogens (primary N) is 2. The fraction of sp³-hybridized carbons (Fsp3) is 0.875. The molecule has 1 atom stereocenters. The first kappa shape index (κ1) is 10.6. The van der Waals surface area contributed by atoms with Gasteiger partial charge in [0.2, 0.25) is 0 Å². The van der Waals surface area contributed by atoms with Crippen LogP contribution in [0, 0.1) is 0 Å². The summed E-state index contributed by atoms with van der Waals surface area (Å²) in [5.74, 6) is 0.0461. The Bertz CT molecular complexity index is 128. The SMILES string of the molecule is CCCC(N)(CCN)C(C)=O. The highest BCUT2D eigenvalue weighted by atomic mass is 16.1. The van der Waals surface area contributed by atoms with Crippen molar-refractivity contribution in [2.75, 3.05) is 6.54 Å². The third-order valence-electron chi connectivity index (χ3n) is 1.99. The van der Waals surface area contributed by atoms with Crippen molar-refractivity contribution in [1.82, 2.24) is 0 Å². The van der Waals surface area contributed by atoms with Crippen molar-refractivity contribution in [1.29, 1.82) is 0 Å². The molecule has 0 heterocycles. The Morgan fingerprint density at radius 3 is 2.27 bits per heavy atom. The van der Waals surface area contributed by atoms with E-state index in [0.717, 1.165) is 12.8 Å². The standard InChI is InChI=1S/C8H18N2O/c1-3-4-8(10,5-6-9)7(2)11/h3-6,9-10H2,1-2H3. The summed E-state index contributed by atoms with van der Waals surface area (Å²) in [7, 11) is 0. The van der Waals surface area contributed by atoms with Gasteiger partial charge in [-0.3, -0.25) is 4.79 Å². The van der Waals surface area contributed by atoms with Gasteiger partial charge in [0.25, 0.3) is 0 Å². The number of rotatable bonds is 5. The molecule has 1 unspecified atom stereocenters. The van der Waals surface area contributed by atoms with E-state index in [1.165, 1.54) is 6.92 Å². The highest BCUT2D eigenvalue weighted by molar-refractivity contribution is 5.85. The van der Waals surface area contributed by atoms with E-state index in [4.69, 9.17) is 11.5 Å². The Balaban J connectivity index is 4.13. The molecule has 0 radical (unpaired) electrons. The van der Waals surface area contributed by atoms with Gasteiger partial charge in [-0.1, -0.05) is 13.3 Å². The highest BCUT2D eigenvalue weighted by Crippen LogP contribution is 2.14. The van der Waals surface area contributed by atoms with Crippen LogP contribution in [0.4, 0.5) is 0 Å². The number of hydrogen-bond donors (Lipinski definition) is 2. The van der Waals surface area contributed by atoms with Gasteiger partial charge in [0, 0.05) is 0 Å². The van der Waals surface area contributed by atoms with Gasteiger partial charge >= 0.3 is 0 Å². The number of carbonyl (C=O) groups is 1. The molecule has 0 aromatic heterocycles. The van der Waals surface area contributed by atoms with Gasteiger partial charge in [0.15, 0.2) is 0 Å². The minimum atomic E-state index is -0.663. The Morgan fingerprint density at radius 1 is 1.45 bits per heavy atom. The monoisotopic (exact) mass is 158 g/mol. The van der Waals surface area contributed by atoms with Crippen molar-refractivity contribution in [3.05, 3.63) is 0 Å². The minimum absolute atomic E-state index is 0.0461. The molecule has 0 fully saturated rings. The predicted octanol–water partition coefficient (Wildman–Crippen LogP) is 0.422. The fourth-order valence-electron chi connectivity index (χ4n) is 1.18. The van der Waals surface area contributed by atoms with Crippen LogP contribution in [0.2, 0.25) is 0 Å². The lowest BCUT2D eigenvalue weighted by atomic mass is 9.87. The highest BCUT2D eigenvalue weighted by Gasteiger charge is 2.27. The van der Waals surface area contributed by atoms with E-state index >= 15 is 0 Å². The maximum absolute atomic E-state index is 11.1. The van der Waals surface area contributed by atoms with Crippen LogP contribution in [0.1, 0.15) is 33.1 Å². The molecule has 0 aromatic carbocycles. The molecule has 0 aliphatic heterocycles. The van der Waals surface area contributed by atoms with Crippen LogP contribution in [0.3, 0.4) is 0 Å². The van der Waals surface area contributed by atoms with Gasteiger partial charge in [0.1, 0.15) is 5.78 Å². The average Bonchev–Trinajstić information content (AvgIpc) is 1.88. The molecule has 0 saturated heterocycles. The maximum atomic E-state index is 11.1. The molecular weight excluding hydrogens is 140 g/mol. The summed E-state index contributed by atoms with van der Waals surface area (Å²) in [5.41, 5.74) is 10.5. The molecule has 0 amide bonds. The Hall–Kier alpha value is -0.410. The van der Waals surface area contributed by atoms with Gasteiger partial charge in [-0.05, 0) is 26.3 Å². The summed E-state index contributed by atoms with van der Waals surface area (Å²) in [5, 5.41) is 0. The van der Waals surface area contributed by atoms with Crippen LogP contribution in [-0.4, -0.2) is 17.9 Å². The first-order valence-corrected chi connectivity index (χ1v) is 4.07. The van der Waals surface area contributed by atoms with E-state index in [1.807, 2.05) is 6.92 Å². The number of ketones is 1. The van der Waals surface area contributed by atoms with Crippen LogP contribution in [0.25, 0.3) is 0 Å². The normalized spacial score (nSPS) is 16.0. The van der Waals surface area contributed by atoms with Crippen LogP contribution in [0.15, 0.2) is 0 Å². The molecule has 0 spiro atoms. The Kier molecular flexibility index (Phi) is 4.30. The molecule has 0 aromatic rings. The fourth-order valence-corrected chi connectivity index (χ4v) is 1.18. The first-order valence-electron chi connectivity index (χ1n) is 4.07. The van der Waals surface area contributed by atoms with E-state index in [1.54, 1.807) is 0 Å². The zero-order chi connectivity index (χ0) is 8.91. The van der Waals surface area contributed by atoms with Crippen LogP contribution in [0.5, 0.6) is 0 Å². The number of hydrogen-bond acceptors (Lipinski definition) is 3. The van der Waals surface area contributed by atoms with Gasteiger partial charge in [-0.25, -0.2) is 0 Å². The maximum Gasteiger partial charge on any atom is 0.149 e. The second kappa shape index (κ2) is 4.46. The van der Waals surface area contributed by atoms with Crippen molar-refractivity contribution in [2.24, 2.45) is 11.5 Å². The molecule has 0 aliphatic carbocycles. The molecule has 0 bridgehead atoms. The Morgan fingerprint density at radius 2 is 2.00 bits per heavy atom. The van der Waals surface area contributed by atoms with E-state index in [9.17, 15) is 4.79 Å². The van der Waals surface area contributed by atoms with Crippen molar-refractivity contribution in [3.8, 4) is 0 Å². The number of Topliss-reactive ketones (excluding diaryl/α,β-unsaturated/α-hetero) is 1. The minimum Gasteiger partial charge on any atom is -0.330 e. The Labute approximate surface area is 68.1 Å². The summed E-state index contributed by atoms with van der Waals surface area (Å²) < 4.78 is 0. The molecule has 3 nitrogen and oxygen atoms in total. The molecule has 4 N–H and O–H groups in total.